The summed E-state index contributed by atoms with van der Waals surface area (Å²) in [4.78, 5) is 0. The second kappa shape index (κ2) is 66.9. The first kappa shape index (κ1) is 103. The van der Waals surface area contributed by atoms with Crippen molar-refractivity contribution in [2.45, 2.75) is 383 Å². The summed E-state index contributed by atoms with van der Waals surface area (Å²) in [5.74, 6) is 6.75. The van der Waals surface area contributed by atoms with Gasteiger partial charge in [0.2, 0.25) is 0 Å². The van der Waals surface area contributed by atoms with E-state index >= 15 is 0 Å². The van der Waals surface area contributed by atoms with Gasteiger partial charge in [-0.2, -0.15) is 0 Å². The molecule has 544 valence electrons. The van der Waals surface area contributed by atoms with Crippen LogP contribution in [0.5, 0.6) is 0 Å². The van der Waals surface area contributed by atoms with Crippen molar-refractivity contribution in [1.82, 2.24) is 0 Å². The summed E-state index contributed by atoms with van der Waals surface area (Å²) in [5, 5.41) is 0. The third kappa shape index (κ3) is 48.3. The monoisotopic (exact) mass is 1600 g/mol. The standard InChI is InChI=1S/C15H30P2.C13H25P.C11H20.3C7H15P.3C5H10.2CH4.6Fe/c1-16(2)14-9-5-7-12(14)11-13-8-6-10-15(13)17(3)4;1-2-14-13-9-5-8-12(13)10-11-6-3-4-7-11;1-2-6-10(5-1)9-11-7-3-4-8-11;3*1-8(2)7-5-3-4-6-7;3*1-2-4-5-3-1;;;;;;;;/h12-15H,5-11H2,1-4H3;11-14H,2-10H2,1H3;10-11H,1-9H2;3*7H,3-6H2,1-2H3;3*1-5H2;2*1H4;;;;;;. The van der Waals surface area contributed by atoms with Crippen LogP contribution in [-0.4, -0.2) is 107 Å². The molecule has 0 bridgehead atoms. The molecule has 0 radical (unpaired) electrons. The quantitative estimate of drug-likeness (QED) is 0.127. The van der Waals surface area contributed by atoms with E-state index in [2.05, 4.69) is 73.6 Å². The maximum Gasteiger partial charge on any atom is 0 e. The van der Waals surface area contributed by atoms with Crippen LogP contribution >= 0.6 is 48.2 Å². The fourth-order valence-corrected chi connectivity index (χ4v) is 27.1. The Morgan fingerprint density at radius 1 is 0.236 bits per heavy atom. The van der Waals surface area contributed by atoms with Crippen molar-refractivity contribution in [3.63, 3.8) is 0 Å². The van der Waals surface area contributed by atoms with Gasteiger partial charge >= 0.3 is 0 Å². The fourth-order valence-electron chi connectivity index (χ4n) is 17.7. The molecule has 12 rings (SSSR count). The molecule has 7 unspecified atom stereocenters. The second-order valence-electron chi connectivity index (χ2n) is 30.5. The molecule has 0 aromatic carbocycles. The predicted molar refractivity (Wildman–Crippen MR) is 405 cm³/mol. The van der Waals surface area contributed by atoms with Gasteiger partial charge in [-0.3, -0.25) is 0 Å². The summed E-state index contributed by atoms with van der Waals surface area (Å²) < 4.78 is 0. The number of hydrogen-bond donors (Lipinski definition) is 0. The Morgan fingerprint density at radius 3 is 0.708 bits per heavy atom. The summed E-state index contributed by atoms with van der Waals surface area (Å²) in [6.07, 6.45) is 79.3. The molecular formula is C77H158Fe6P6. The molecule has 0 heterocycles. The van der Waals surface area contributed by atoms with Crippen LogP contribution in [0.25, 0.3) is 0 Å². The fraction of sp³-hybridized carbons (Fsp3) is 1.00. The summed E-state index contributed by atoms with van der Waals surface area (Å²) >= 11 is 0. The van der Waals surface area contributed by atoms with E-state index in [0.29, 0.717) is 39.6 Å². The van der Waals surface area contributed by atoms with Crippen LogP contribution in [0, 0.1) is 35.5 Å². The third-order valence-corrected chi connectivity index (χ3v) is 34.6. The van der Waals surface area contributed by atoms with Gasteiger partial charge in [0.25, 0.3) is 0 Å². The van der Waals surface area contributed by atoms with Crippen LogP contribution in [0.2, 0.25) is 0 Å². The molecule has 12 saturated carbocycles. The molecule has 0 aliphatic heterocycles. The van der Waals surface area contributed by atoms with E-state index in [9.17, 15) is 0 Å². The van der Waals surface area contributed by atoms with E-state index < -0.39 is 0 Å². The van der Waals surface area contributed by atoms with E-state index in [1.165, 1.54) is 246 Å². The van der Waals surface area contributed by atoms with Crippen molar-refractivity contribution in [1.29, 1.82) is 0 Å². The molecule has 0 spiro atoms. The van der Waals surface area contributed by atoms with Crippen molar-refractivity contribution < 1.29 is 102 Å². The van der Waals surface area contributed by atoms with Gasteiger partial charge in [0, 0.05) is 102 Å². The molecule has 0 N–H and O–H groups in total. The van der Waals surface area contributed by atoms with Crippen LogP contribution in [-0.2, 0) is 102 Å². The van der Waals surface area contributed by atoms with Crippen LogP contribution in [0.3, 0.4) is 0 Å². The van der Waals surface area contributed by atoms with Crippen LogP contribution in [0.1, 0.15) is 349 Å². The van der Waals surface area contributed by atoms with Gasteiger partial charge in [-0.25, -0.2) is 0 Å². The van der Waals surface area contributed by atoms with Gasteiger partial charge in [0.15, 0.2) is 0 Å². The molecule has 0 aromatic heterocycles. The Hall–Kier alpha value is 5.70. The smallest absolute Gasteiger partial charge is 0 e. The number of hydrogen-bond acceptors (Lipinski definition) is 0. The van der Waals surface area contributed by atoms with E-state index in [-0.39, 0.29) is 117 Å². The molecule has 89 heavy (non-hydrogen) atoms. The molecule has 0 aromatic rings. The maximum absolute atomic E-state index is 2.51. The summed E-state index contributed by atoms with van der Waals surface area (Å²) in [6, 6.07) is 0. The minimum absolute atomic E-state index is 0. The molecule has 7 atom stereocenters. The zero-order valence-electron chi connectivity index (χ0n) is 59.6. The van der Waals surface area contributed by atoms with Crippen molar-refractivity contribution in [3.05, 3.63) is 0 Å². The Kier molecular flexibility index (Phi) is 77.7. The van der Waals surface area contributed by atoms with Gasteiger partial charge in [0.1, 0.15) is 0 Å². The van der Waals surface area contributed by atoms with Gasteiger partial charge in [-0.05, 0) is 239 Å². The topological polar surface area (TPSA) is 0 Å². The molecule has 12 heteroatoms. The molecule has 12 fully saturated rings. The normalized spacial score (nSPS) is 26.6. The van der Waals surface area contributed by atoms with Crippen molar-refractivity contribution >= 4 is 48.2 Å². The largest absolute Gasteiger partial charge is 0.119 e. The second-order valence-corrected chi connectivity index (χ2v) is 45.5. The van der Waals surface area contributed by atoms with Gasteiger partial charge in [-0.1, -0.05) is 253 Å². The molecule has 0 amide bonds. The van der Waals surface area contributed by atoms with Crippen LogP contribution in [0.15, 0.2) is 0 Å². The minimum atomic E-state index is 0. The number of rotatable bonds is 13. The molecule has 0 nitrogen and oxygen atoms in total. The average molecular weight is 1610 g/mol. The zero-order chi connectivity index (χ0) is 58.3. The first-order chi connectivity index (χ1) is 39.4. The first-order valence-corrected chi connectivity index (χ1v) is 50.2. The Bertz CT molecular complexity index is 1270. The Balaban J connectivity index is -0.000000302. The SMILES string of the molecule is C.C.C1CCC(CC2CCCC2)C1.C1CCCC1.C1CCCC1.C1CCCC1.CCPC1CCCC1CC1CCCC1.CP(C)C1CCCC1.CP(C)C1CCCC1.CP(C)C1CCCC1.CP(C)C1CCCC1CC1CCCC1P(C)C.[Fe].[Fe].[Fe].[Fe].[Fe].[Fe]. The summed E-state index contributed by atoms with van der Waals surface area (Å²) in [7, 11) is 3.10. The van der Waals surface area contributed by atoms with E-state index in [0.717, 1.165) is 69.5 Å². The Morgan fingerprint density at radius 2 is 0.472 bits per heavy atom. The van der Waals surface area contributed by atoms with Crippen molar-refractivity contribution in [2.24, 2.45) is 35.5 Å². The molecular weight excluding hydrogens is 1450 g/mol. The van der Waals surface area contributed by atoms with Gasteiger partial charge in [-0.15, -0.1) is 48.2 Å². The average Bonchev–Trinajstić information content (AvgIpc) is 4.41. The van der Waals surface area contributed by atoms with Crippen molar-refractivity contribution in [3.8, 4) is 0 Å². The van der Waals surface area contributed by atoms with E-state index in [4.69, 9.17) is 0 Å². The minimum Gasteiger partial charge on any atom is -0.119 e. The van der Waals surface area contributed by atoms with Crippen molar-refractivity contribution in [2.75, 3.05) is 72.8 Å². The summed E-state index contributed by atoms with van der Waals surface area (Å²) in [6.45, 7) is 26.9. The maximum atomic E-state index is 2.51. The molecule has 12 aliphatic rings. The van der Waals surface area contributed by atoms with Gasteiger partial charge in [0.05, 0.1) is 0 Å². The van der Waals surface area contributed by atoms with Crippen LogP contribution in [0.4, 0.5) is 0 Å². The predicted octanol–water partition coefficient (Wildman–Crippen LogP) is 28.5. The van der Waals surface area contributed by atoms with Gasteiger partial charge < -0.3 is 0 Å². The zero-order valence-corrected chi connectivity index (χ0v) is 71.7. The van der Waals surface area contributed by atoms with E-state index in [1.54, 1.807) is 96.3 Å². The molecule has 0 saturated heterocycles. The first-order valence-electron chi connectivity index (χ1n) is 37.4. The summed E-state index contributed by atoms with van der Waals surface area (Å²) in [5.41, 5.74) is 6.76. The van der Waals surface area contributed by atoms with Crippen LogP contribution < -0.4 is 0 Å². The molecule has 12 aliphatic carbocycles. The Labute approximate surface area is 635 Å². The van der Waals surface area contributed by atoms with E-state index in [1.807, 2.05) is 0 Å². The third-order valence-electron chi connectivity index (χ3n) is 22.9.